The molecule has 0 bridgehead atoms. The van der Waals surface area contributed by atoms with Crippen LogP contribution in [0.1, 0.15) is 71.1 Å². The van der Waals surface area contributed by atoms with Crippen LogP contribution in [0.5, 0.6) is 0 Å². The lowest BCUT2D eigenvalue weighted by Gasteiger charge is -1.93. The number of halogens is 1. The van der Waals surface area contributed by atoms with E-state index in [1.54, 1.807) is 0 Å². The predicted molar refractivity (Wildman–Crippen MR) is 103 cm³/mol. The molecule has 0 aromatic carbocycles. The minimum absolute atomic E-state index is 0.360. The summed E-state index contributed by atoms with van der Waals surface area (Å²) < 4.78 is 32.8. The summed E-state index contributed by atoms with van der Waals surface area (Å²) in [6.07, 6.45) is 27.0. The van der Waals surface area contributed by atoms with Gasteiger partial charge in [0.05, 0.1) is 5.75 Å². The van der Waals surface area contributed by atoms with E-state index >= 15 is 0 Å². The summed E-state index contributed by atoms with van der Waals surface area (Å²) in [5.41, 5.74) is 0. The van der Waals surface area contributed by atoms with Crippen LogP contribution >= 0.6 is 0 Å². The van der Waals surface area contributed by atoms with E-state index in [1.165, 1.54) is 25.7 Å². The van der Waals surface area contributed by atoms with Crippen LogP contribution in [0.4, 0.5) is 3.89 Å². The van der Waals surface area contributed by atoms with Crippen LogP contribution in [0.3, 0.4) is 0 Å². The molecular weight excluding hydrogens is 323 g/mol. The maximum atomic E-state index is 12.2. The number of unbranched alkanes of at least 4 members (excludes halogenated alkanes) is 5. The van der Waals surface area contributed by atoms with Gasteiger partial charge in [0.15, 0.2) is 0 Å². The van der Waals surface area contributed by atoms with Gasteiger partial charge in [-0.2, -0.15) is 8.42 Å². The Hall–Kier alpha value is -1.16. The summed E-state index contributed by atoms with van der Waals surface area (Å²) in [5, 5.41) is 0. The summed E-state index contributed by atoms with van der Waals surface area (Å²) in [4.78, 5) is 0. The molecule has 138 valence electrons. The van der Waals surface area contributed by atoms with Crippen molar-refractivity contribution < 1.29 is 12.3 Å². The third-order valence-corrected chi connectivity index (χ3v) is 4.24. The molecule has 0 heterocycles. The maximum absolute atomic E-state index is 12.2. The first-order valence-electron chi connectivity index (χ1n) is 9.08. The predicted octanol–water partition coefficient (Wildman–Crippen LogP) is 6.43. The second kappa shape index (κ2) is 16.7. The van der Waals surface area contributed by atoms with E-state index in [4.69, 9.17) is 0 Å². The summed E-state index contributed by atoms with van der Waals surface area (Å²) in [5.74, 6) is -0.360. The highest BCUT2D eigenvalue weighted by Crippen LogP contribution is 2.03. The Morgan fingerprint density at radius 2 is 1.08 bits per heavy atom. The molecule has 0 aliphatic heterocycles. The van der Waals surface area contributed by atoms with Crippen LogP contribution in [-0.2, 0) is 10.2 Å². The second-order valence-electron chi connectivity index (χ2n) is 5.83. The molecule has 0 saturated carbocycles. The second-order valence-corrected chi connectivity index (χ2v) is 7.31. The third kappa shape index (κ3) is 20.8. The van der Waals surface area contributed by atoms with Crippen molar-refractivity contribution in [3.05, 3.63) is 48.6 Å². The fourth-order valence-corrected chi connectivity index (χ4v) is 2.65. The SMILES string of the molecule is CCCCCC=CCC=CCC=CCC=CCCCCS(=O)(=O)F. The Kier molecular flexibility index (Phi) is 15.9. The molecule has 0 radical (unpaired) electrons. The van der Waals surface area contributed by atoms with Crippen LogP contribution in [0, 0.1) is 0 Å². The fourth-order valence-electron chi connectivity index (χ4n) is 2.10. The van der Waals surface area contributed by atoms with Crippen LogP contribution < -0.4 is 0 Å². The molecule has 0 aliphatic carbocycles. The highest BCUT2D eigenvalue weighted by atomic mass is 32.3. The smallest absolute Gasteiger partial charge is 0.195 e. The summed E-state index contributed by atoms with van der Waals surface area (Å²) in [7, 11) is -4.29. The molecule has 0 aliphatic rings. The first kappa shape index (κ1) is 22.8. The monoisotopic (exact) mass is 356 g/mol. The molecule has 0 amide bonds. The zero-order valence-corrected chi connectivity index (χ0v) is 15.8. The van der Waals surface area contributed by atoms with E-state index in [0.29, 0.717) is 12.8 Å². The van der Waals surface area contributed by atoms with Gasteiger partial charge < -0.3 is 0 Å². The van der Waals surface area contributed by atoms with Gasteiger partial charge in [0, 0.05) is 0 Å². The van der Waals surface area contributed by atoms with Gasteiger partial charge in [-0.25, -0.2) is 0 Å². The number of allylic oxidation sites excluding steroid dienone is 8. The van der Waals surface area contributed by atoms with E-state index in [9.17, 15) is 12.3 Å². The summed E-state index contributed by atoms with van der Waals surface area (Å²) in [6, 6.07) is 0. The van der Waals surface area contributed by atoms with Gasteiger partial charge in [-0.1, -0.05) is 68.4 Å². The zero-order valence-electron chi connectivity index (χ0n) is 15.0. The Bertz CT molecular complexity index is 488. The normalized spacial score (nSPS) is 13.2. The maximum Gasteiger partial charge on any atom is 0.302 e. The quantitative estimate of drug-likeness (QED) is 0.192. The van der Waals surface area contributed by atoms with Crippen LogP contribution in [-0.4, -0.2) is 14.2 Å². The number of hydrogen-bond donors (Lipinski definition) is 0. The van der Waals surface area contributed by atoms with Gasteiger partial charge in [0.2, 0.25) is 0 Å². The lowest BCUT2D eigenvalue weighted by molar-refractivity contribution is 0.548. The molecule has 0 fully saturated rings. The molecule has 0 N–H and O–H groups in total. The third-order valence-electron chi connectivity index (χ3n) is 3.47. The zero-order chi connectivity index (χ0) is 17.9. The molecule has 0 saturated heterocycles. The average Bonchev–Trinajstić information content (AvgIpc) is 2.52. The minimum Gasteiger partial charge on any atom is -0.195 e. The molecule has 0 aromatic rings. The van der Waals surface area contributed by atoms with Gasteiger partial charge >= 0.3 is 10.2 Å². The molecule has 2 nitrogen and oxygen atoms in total. The number of hydrogen-bond acceptors (Lipinski definition) is 2. The topological polar surface area (TPSA) is 34.1 Å². The lowest BCUT2D eigenvalue weighted by atomic mass is 10.2. The molecule has 4 heteroatoms. The standard InChI is InChI=1S/C20H33FO2S/c1-2-3-4-5-6-7-8-9-10-11-12-13-14-15-16-17-18-19-20-24(21,22)23/h6-7,9-10,12-13,15-16H,2-5,8,11,14,17-20H2,1H3. The molecule has 24 heavy (non-hydrogen) atoms. The van der Waals surface area contributed by atoms with Crippen molar-refractivity contribution in [1.82, 2.24) is 0 Å². The molecule has 0 rings (SSSR count). The molecule has 0 spiro atoms. The summed E-state index contributed by atoms with van der Waals surface area (Å²) in [6.45, 7) is 2.22. The van der Waals surface area contributed by atoms with Crippen molar-refractivity contribution in [1.29, 1.82) is 0 Å². The first-order chi connectivity index (χ1) is 11.6. The van der Waals surface area contributed by atoms with Crippen molar-refractivity contribution in [2.45, 2.75) is 71.1 Å². The first-order valence-corrected chi connectivity index (χ1v) is 10.6. The van der Waals surface area contributed by atoms with Crippen molar-refractivity contribution in [2.24, 2.45) is 0 Å². The van der Waals surface area contributed by atoms with Gasteiger partial charge in [-0.05, 0) is 51.4 Å². The number of rotatable bonds is 15. The van der Waals surface area contributed by atoms with Crippen molar-refractivity contribution in [3.63, 3.8) is 0 Å². The Morgan fingerprint density at radius 3 is 1.50 bits per heavy atom. The lowest BCUT2D eigenvalue weighted by Crippen LogP contribution is -1.97. The molecular formula is C20H33FO2S. The van der Waals surface area contributed by atoms with Gasteiger partial charge in [0.25, 0.3) is 0 Å². The van der Waals surface area contributed by atoms with Gasteiger partial charge in [0.1, 0.15) is 0 Å². The van der Waals surface area contributed by atoms with E-state index in [1.807, 2.05) is 6.08 Å². The van der Waals surface area contributed by atoms with Gasteiger partial charge in [-0.15, -0.1) is 3.89 Å². The van der Waals surface area contributed by atoms with Crippen LogP contribution in [0.25, 0.3) is 0 Å². The van der Waals surface area contributed by atoms with Crippen molar-refractivity contribution >= 4 is 10.2 Å². The van der Waals surface area contributed by atoms with Crippen molar-refractivity contribution in [2.75, 3.05) is 5.75 Å². The Labute approximate surface area is 148 Å². The summed E-state index contributed by atoms with van der Waals surface area (Å²) >= 11 is 0. The molecule has 0 unspecified atom stereocenters. The Morgan fingerprint density at radius 1 is 0.667 bits per heavy atom. The molecule has 0 aromatic heterocycles. The van der Waals surface area contributed by atoms with Crippen LogP contribution in [0.2, 0.25) is 0 Å². The molecule has 0 atom stereocenters. The highest BCUT2D eigenvalue weighted by molar-refractivity contribution is 7.86. The minimum atomic E-state index is -4.29. The fraction of sp³-hybridized carbons (Fsp3) is 0.600. The van der Waals surface area contributed by atoms with Gasteiger partial charge in [-0.3, -0.25) is 0 Å². The van der Waals surface area contributed by atoms with E-state index in [0.717, 1.165) is 25.7 Å². The van der Waals surface area contributed by atoms with E-state index < -0.39 is 10.2 Å². The van der Waals surface area contributed by atoms with E-state index in [2.05, 4.69) is 49.5 Å². The van der Waals surface area contributed by atoms with Crippen LogP contribution in [0.15, 0.2) is 48.6 Å². The Balaban J connectivity index is 3.45. The van der Waals surface area contributed by atoms with E-state index in [-0.39, 0.29) is 5.75 Å². The van der Waals surface area contributed by atoms with Crippen molar-refractivity contribution in [3.8, 4) is 0 Å². The average molecular weight is 357 g/mol. The largest absolute Gasteiger partial charge is 0.302 e. The highest BCUT2D eigenvalue weighted by Gasteiger charge is 2.04.